The first-order valence-corrected chi connectivity index (χ1v) is 6.17. The molecule has 0 bridgehead atoms. The third kappa shape index (κ3) is 9.33. The standard InChI is InChI=1S/C8H17NO3S/c1-8(2,3)12-7(10)5-6-13(4,9)11/h9H,5-6H2,1-4H3/t13-/m1/s1. The van der Waals surface area contributed by atoms with Gasteiger partial charge in [0.25, 0.3) is 0 Å². The molecule has 0 unspecified atom stereocenters. The Morgan fingerprint density at radius 2 is 1.92 bits per heavy atom. The van der Waals surface area contributed by atoms with Crippen LogP contribution in [0.3, 0.4) is 0 Å². The average molecular weight is 207 g/mol. The molecule has 0 aromatic carbocycles. The molecule has 0 spiro atoms. The van der Waals surface area contributed by atoms with Crippen LogP contribution in [-0.2, 0) is 19.3 Å². The third-order valence-corrected chi connectivity index (χ3v) is 2.10. The minimum absolute atomic E-state index is 0.0517. The van der Waals surface area contributed by atoms with E-state index in [1.165, 1.54) is 6.26 Å². The summed E-state index contributed by atoms with van der Waals surface area (Å²) in [6, 6.07) is 0. The van der Waals surface area contributed by atoms with Gasteiger partial charge < -0.3 is 4.74 Å². The lowest BCUT2D eigenvalue weighted by Gasteiger charge is -2.19. The van der Waals surface area contributed by atoms with Gasteiger partial charge in [-0.1, -0.05) is 0 Å². The fourth-order valence-corrected chi connectivity index (χ4v) is 1.23. The van der Waals surface area contributed by atoms with Crippen molar-refractivity contribution in [3.05, 3.63) is 0 Å². The average Bonchev–Trinajstić information content (AvgIpc) is 1.78. The van der Waals surface area contributed by atoms with E-state index < -0.39 is 21.3 Å². The van der Waals surface area contributed by atoms with Gasteiger partial charge in [-0.3, -0.25) is 13.8 Å². The zero-order valence-corrected chi connectivity index (χ0v) is 9.36. The predicted octanol–water partition coefficient (Wildman–Crippen LogP) is 1.39. The van der Waals surface area contributed by atoms with Gasteiger partial charge in [-0.15, -0.1) is 0 Å². The van der Waals surface area contributed by atoms with E-state index in [1.807, 2.05) is 0 Å². The second kappa shape index (κ2) is 4.09. The molecular weight excluding hydrogens is 190 g/mol. The van der Waals surface area contributed by atoms with E-state index in [0.717, 1.165) is 0 Å². The van der Waals surface area contributed by atoms with Crippen molar-refractivity contribution in [2.24, 2.45) is 0 Å². The molecule has 0 saturated heterocycles. The highest BCUT2D eigenvalue weighted by molar-refractivity contribution is 7.91. The second-order valence-corrected chi connectivity index (χ2v) is 6.46. The van der Waals surface area contributed by atoms with E-state index in [-0.39, 0.29) is 12.2 Å². The van der Waals surface area contributed by atoms with Crippen LogP contribution >= 0.6 is 0 Å². The van der Waals surface area contributed by atoms with Gasteiger partial charge in [0.05, 0.1) is 6.42 Å². The van der Waals surface area contributed by atoms with Crippen molar-refractivity contribution in [2.75, 3.05) is 12.0 Å². The highest BCUT2D eigenvalue weighted by atomic mass is 32.2. The Hall–Kier alpha value is -0.580. The van der Waals surface area contributed by atoms with Crippen LogP contribution < -0.4 is 0 Å². The van der Waals surface area contributed by atoms with Crippen molar-refractivity contribution in [1.82, 2.24) is 0 Å². The summed E-state index contributed by atoms with van der Waals surface area (Å²) in [5, 5.41) is 0. The van der Waals surface area contributed by atoms with E-state index in [9.17, 15) is 9.00 Å². The Labute approximate surface area is 79.6 Å². The number of ether oxygens (including phenoxy) is 1. The molecule has 0 aliphatic rings. The Morgan fingerprint density at radius 1 is 1.46 bits per heavy atom. The van der Waals surface area contributed by atoms with Gasteiger partial charge in [-0.05, 0) is 20.8 Å². The van der Waals surface area contributed by atoms with Crippen LogP contribution in [0, 0.1) is 4.78 Å². The quantitative estimate of drug-likeness (QED) is 0.711. The molecule has 78 valence electrons. The molecule has 1 N–H and O–H groups in total. The van der Waals surface area contributed by atoms with Gasteiger partial charge in [0.2, 0.25) is 0 Å². The number of carbonyl (C=O) groups is 1. The molecule has 0 aliphatic heterocycles. The molecule has 0 heterocycles. The molecule has 0 radical (unpaired) electrons. The number of hydrogen-bond acceptors (Lipinski definition) is 4. The molecular formula is C8H17NO3S. The highest BCUT2D eigenvalue weighted by Crippen LogP contribution is 2.08. The summed E-state index contributed by atoms with van der Waals surface area (Å²) in [6.45, 7) is 5.32. The fraction of sp³-hybridized carbons (Fsp3) is 0.875. The van der Waals surface area contributed by atoms with Gasteiger partial charge in [0, 0.05) is 21.7 Å². The number of nitrogens with one attached hydrogen (secondary N) is 1. The summed E-state index contributed by atoms with van der Waals surface area (Å²) < 4.78 is 23.0. The number of carbonyl (C=O) groups excluding carboxylic acids is 1. The van der Waals surface area contributed by atoms with Crippen LogP contribution in [-0.4, -0.2) is 27.8 Å². The molecule has 0 aromatic heterocycles. The van der Waals surface area contributed by atoms with Gasteiger partial charge in [-0.25, -0.2) is 0 Å². The fourth-order valence-electron chi connectivity index (χ4n) is 0.671. The Kier molecular flexibility index (Phi) is 3.90. The molecule has 1 atom stereocenters. The largest absolute Gasteiger partial charge is 0.460 e. The Morgan fingerprint density at radius 3 is 2.23 bits per heavy atom. The van der Waals surface area contributed by atoms with Crippen molar-refractivity contribution >= 4 is 15.7 Å². The predicted molar refractivity (Wildman–Crippen MR) is 52.1 cm³/mol. The summed E-state index contributed by atoms with van der Waals surface area (Å²) in [5.74, 6) is -0.323. The molecule has 0 amide bonds. The highest BCUT2D eigenvalue weighted by Gasteiger charge is 2.16. The van der Waals surface area contributed by atoms with Gasteiger partial charge >= 0.3 is 5.97 Å². The van der Waals surface area contributed by atoms with Crippen molar-refractivity contribution in [3.8, 4) is 0 Å². The first-order valence-electron chi connectivity index (χ1n) is 4.03. The van der Waals surface area contributed by atoms with E-state index in [2.05, 4.69) is 0 Å². The molecule has 5 heteroatoms. The Bertz CT molecular complexity index is 274. The van der Waals surface area contributed by atoms with Crippen LogP contribution in [0.2, 0.25) is 0 Å². The van der Waals surface area contributed by atoms with Crippen LogP contribution in [0.1, 0.15) is 27.2 Å². The summed E-state index contributed by atoms with van der Waals surface area (Å²) in [5.41, 5.74) is -0.506. The second-order valence-electron chi connectivity index (χ2n) is 4.05. The van der Waals surface area contributed by atoms with E-state index in [4.69, 9.17) is 9.52 Å². The third-order valence-electron chi connectivity index (χ3n) is 1.12. The topological polar surface area (TPSA) is 67.2 Å². The first kappa shape index (κ1) is 12.4. The number of esters is 1. The van der Waals surface area contributed by atoms with Crippen molar-refractivity contribution in [1.29, 1.82) is 4.78 Å². The van der Waals surface area contributed by atoms with Crippen molar-refractivity contribution in [3.63, 3.8) is 0 Å². The summed E-state index contributed by atoms with van der Waals surface area (Å²) in [7, 11) is -2.58. The normalized spacial score (nSPS) is 16.3. The lowest BCUT2D eigenvalue weighted by Crippen LogP contribution is -2.25. The lowest BCUT2D eigenvalue weighted by molar-refractivity contribution is -0.154. The minimum atomic E-state index is -2.58. The zero-order chi connectivity index (χ0) is 10.7. The van der Waals surface area contributed by atoms with E-state index >= 15 is 0 Å². The van der Waals surface area contributed by atoms with Crippen LogP contribution in [0.4, 0.5) is 0 Å². The van der Waals surface area contributed by atoms with Gasteiger partial charge in [0.1, 0.15) is 5.60 Å². The minimum Gasteiger partial charge on any atom is -0.460 e. The van der Waals surface area contributed by atoms with Crippen molar-refractivity contribution in [2.45, 2.75) is 32.8 Å². The monoisotopic (exact) mass is 207 g/mol. The SMILES string of the molecule is CC(C)(C)OC(=O)CC[S@](C)(=N)=O. The van der Waals surface area contributed by atoms with Gasteiger partial charge in [0.15, 0.2) is 0 Å². The van der Waals surface area contributed by atoms with Gasteiger partial charge in [-0.2, -0.15) is 0 Å². The molecule has 4 nitrogen and oxygen atoms in total. The molecule has 13 heavy (non-hydrogen) atoms. The maximum atomic E-state index is 11.1. The molecule has 0 aliphatic carbocycles. The van der Waals surface area contributed by atoms with Crippen LogP contribution in [0.5, 0.6) is 0 Å². The maximum Gasteiger partial charge on any atom is 0.307 e. The maximum absolute atomic E-state index is 11.1. The molecule has 0 saturated carbocycles. The first-order chi connectivity index (χ1) is 5.60. The van der Waals surface area contributed by atoms with E-state index in [1.54, 1.807) is 20.8 Å². The number of hydrogen-bond donors (Lipinski definition) is 1. The van der Waals surface area contributed by atoms with Crippen LogP contribution in [0.15, 0.2) is 0 Å². The van der Waals surface area contributed by atoms with Crippen molar-refractivity contribution < 1.29 is 13.7 Å². The summed E-state index contributed by atoms with van der Waals surface area (Å²) >= 11 is 0. The zero-order valence-electron chi connectivity index (χ0n) is 8.55. The summed E-state index contributed by atoms with van der Waals surface area (Å²) in [6.07, 6.45) is 1.37. The smallest absolute Gasteiger partial charge is 0.307 e. The Balaban J connectivity index is 3.92. The number of rotatable bonds is 3. The lowest BCUT2D eigenvalue weighted by atomic mass is 10.2. The van der Waals surface area contributed by atoms with Crippen LogP contribution in [0.25, 0.3) is 0 Å². The molecule has 0 aromatic rings. The van der Waals surface area contributed by atoms with E-state index in [0.29, 0.717) is 0 Å². The molecule has 0 fully saturated rings. The summed E-state index contributed by atoms with van der Waals surface area (Å²) in [4.78, 5) is 11.1. The molecule has 0 rings (SSSR count).